The number of piperidine rings is 2. The van der Waals surface area contributed by atoms with Crippen LogP contribution in [0, 0.1) is 19.3 Å². The molecule has 5 heterocycles. The van der Waals surface area contributed by atoms with Gasteiger partial charge in [0.25, 0.3) is 12.2 Å². The number of carbonyl (C=O) groups is 5. The molecule has 6 aliphatic rings. The van der Waals surface area contributed by atoms with Crippen LogP contribution in [0.4, 0.5) is 73.6 Å². The molecule has 2 aromatic carbocycles. The minimum absolute atomic E-state index is 0.0120. The molecule has 6 fully saturated rings. The Bertz CT molecular complexity index is 2660. The predicted octanol–water partition coefficient (Wildman–Crippen LogP) is 12.1. The number of aldehydes is 1. The van der Waals surface area contributed by atoms with E-state index in [0.717, 1.165) is 134 Å². The Morgan fingerprint density at radius 2 is 0.888 bits per heavy atom. The summed E-state index contributed by atoms with van der Waals surface area (Å²) in [5.41, 5.74) is 5.00. The SMILES string of the molecule is Cc1ccc(C=O)c(N2CCN(CC(=O)OC(C)(C)C)CC2)c1.Cc1ccc(CN2CCCC23CCN(C(=O)OC(C(F)(F)F)C(F)(F)F)CC3)c(N2CCN(CC(=O)OC(C)(C)C)CC2)c1.O=C(OC(C(F)(F)F)C(F)(F)F)N1CCC2(CCCC2)CC1. The zero-order chi connectivity index (χ0) is 66.1. The van der Waals surface area contributed by atoms with E-state index in [1.807, 2.05) is 73.6 Å². The van der Waals surface area contributed by atoms with Crippen molar-refractivity contribution in [2.24, 2.45) is 5.41 Å². The minimum Gasteiger partial charge on any atom is -0.459 e. The Morgan fingerprint density at radius 1 is 0.494 bits per heavy atom. The van der Waals surface area contributed by atoms with Crippen molar-refractivity contribution >= 4 is 41.8 Å². The molecule has 2 spiro atoms. The third-order valence-corrected chi connectivity index (χ3v) is 17.0. The van der Waals surface area contributed by atoms with Gasteiger partial charge in [0.2, 0.25) is 0 Å². The predicted molar refractivity (Wildman–Crippen MR) is 306 cm³/mol. The lowest BCUT2D eigenvalue weighted by Crippen LogP contribution is -2.54. The number of nitrogens with zero attached hydrogens (tertiary/aromatic N) is 7. The Morgan fingerprint density at radius 3 is 1.29 bits per heavy atom. The molecule has 1 aliphatic carbocycles. The molecule has 0 atom stereocenters. The van der Waals surface area contributed by atoms with Crippen LogP contribution in [0.1, 0.15) is 133 Å². The van der Waals surface area contributed by atoms with Crippen molar-refractivity contribution in [1.82, 2.24) is 24.5 Å². The van der Waals surface area contributed by atoms with Crippen molar-refractivity contribution in [2.45, 2.75) is 180 Å². The summed E-state index contributed by atoms with van der Waals surface area (Å²) >= 11 is 0. The van der Waals surface area contributed by atoms with Crippen molar-refractivity contribution < 1.29 is 95.6 Å². The van der Waals surface area contributed by atoms with Gasteiger partial charge in [0.15, 0.2) is 6.29 Å². The molecule has 28 heteroatoms. The normalized spacial score (nSPS) is 19.8. The summed E-state index contributed by atoms with van der Waals surface area (Å²) in [5.74, 6) is -0.434. The first-order valence-corrected chi connectivity index (χ1v) is 30.1. The molecule has 5 aliphatic heterocycles. The van der Waals surface area contributed by atoms with E-state index >= 15 is 0 Å². The number of halogens is 12. The molecule has 0 aromatic heterocycles. The summed E-state index contributed by atoms with van der Waals surface area (Å²) < 4.78 is 170. The van der Waals surface area contributed by atoms with Gasteiger partial charge in [-0.2, -0.15) is 52.7 Å². The highest BCUT2D eigenvalue weighted by molar-refractivity contribution is 5.85. The molecule has 2 aromatic rings. The van der Waals surface area contributed by atoms with E-state index in [1.54, 1.807) is 0 Å². The molecule has 2 amide bonds. The number of rotatable bonds is 11. The topological polar surface area (TPSA) is 145 Å². The number of benzene rings is 2. The van der Waals surface area contributed by atoms with Crippen molar-refractivity contribution in [3.05, 3.63) is 58.7 Å². The molecule has 89 heavy (non-hydrogen) atoms. The highest BCUT2D eigenvalue weighted by Gasteiger charge is 2.62. The second-order valence-electron chi connectivity index (χ2n) is 26.1. The average molecular weight is 1290 g/mol. The maximum atomic E-state index is 12.9. The Balaban J connectivity index is 0.000000235. The van der Waals surface area contributed by atoms with Gasteiger partial charge in [-0.3, -0.25) is 29.1 Å². The highest BCUT2D eigenvalue weighted by atomic mass is 19.4. The Kier molecular flexibility index (Phi) is 23.7. The first-order chi connectivity index (χ1) is 41.2. The fourth-order valence-corrected chi connectivity index (χ4v) is 12.4. The highest BCUT2D eigenvalue weighted by Crippen LogP contribution is 2.47. The van der Waals surface area contributed by atoms with E-state index in [4.69, 9.17) is 9.47 Å². The standard InChI is InChI=1S/C30H42F6N4O4.C18H26N2O3.C13H17F6NO2/c1-21-6-7-22(23(18-21)38-16-14-37(15-17-38)20-24(41)44-27(2,3)4)19-40-11-5-8-28(40)9-12-39(13-10-28)26(42)43-25(29(31,32)33)30(34,35)36;1-14-5-6-15(13-21)16(11-14)20-9-7-19(8-10-20)12-17(22)23-18(2,3)4;14-12(15,16)9(13(17,18)19)22-10(21)20-7-5-11(6-8-20)3-1-2-4-11/h6-7,18,25H,5,8-17,19-20H2,1-4H3;5-6,11,13H,7-10,12H2,1-4H3;9H,1-8H2. The first-order valence-electron chi connectivity index (χ1n) is 30.1. The molecule has 16 nitrogen and oxygen atoms in total. The molecule has 0 unspecified atom stereocenters. The third kappa shape index (κ3) is 21.1. The maximum Gasteiger partial charge on any atom is 0.434 e. The smallest absolute Gasteiger partial charge is 0.434 e. The molecule has 5 saturated heterocycles. The summed E-state index contributed by atoms with van der Waals surface area (Å²) in [6, 6.07) is 12.2. The molecule has 8 rings (SSSR count). The summed E-state index contributed by atoms with van der Waals surface area (Å²) in [7, 11) is 0. The summed E-state index contributed by atoms with van der Waals surface area (Å²) in [6.45, 7) is 23.5. The quantitative estimate of drug-likeness (QED) is 0.0910. The fraction of sp³-hybridized carbons (Fsp3) is 0.721. The van der Waals surface area contributed by atoms with Crippen LogP contribution in [0.25, 0.3) is 0 Å². The monoisotopic (exact) mass is 1290 g/mol. The molecular formula is C61H85F12N7O9. The lowest BCUT2D eigenvalue weighted by atomic mass is 9.77. The number of amides is 2. The zero-order valence-corrected chi connectivity index (χ0v) is 51.9. The first kappa shape index (κ1) is 72.3. The van der Waals surface area contributed by atoms with Crippen LogP contribution in [0.3, 0.4) is 0 Å². The molecule has 1 saturated carbocycles. The van der Waals surface area contributed by atoms with Crippen LogP contribution < -0.4 is 9.80 Å². The minimum atomic E-state index is -5.75. The van der Waals surface area contributed by atoms with Crippen LogP contribution in [0.2, 0.25) is 0 Å². The van der Waals surface area contributed by atoms with Gasteiger partial charge in [-0.15, -0.1) is 0 Å². The van der Waals surface area contributed by atoms with Crippen LogP contribution >= 0.6 is 0 Å². The van der Waals surface area contributed by atoms with Crippen LogP contribution in [-0.4, -0.2) is 207 Å². The number of anilines is 2. The largest absolute Gasteiger partial charge is 0.459 e. The van der Waals surface area contributed by atoms with E-state index in [0.29, 0.717) is 51.9 Å². The van der Waals surface area contributed by atoms with Gasteiger partial charge < -0.3 is 38.5 Å². The lowest BCUT2D eigenvalue weighted by Gasteiger charge is -2.45. The number of alkyl halides is 12. The number of hydrogen-bond donors (Lipinski definition) is 0. The van der Waals surface area contributed by atoms with Crippen molar-refractivity contribution in [3.63, 3.8) is 0 Å². The molecular weight excluding hydrogens is 1200 g/mol. The van der Waals surface area contributed by atoms with Gasteiger partial charge in [-0.1, -0.05) is 31.0 Å². The number of aryl methyl sites for hydroxylation is 2. The number of likely N-dealkylation sites (tertiary alicyclic amines) is 3. The second kappa shape index (κ2) is 29.2. The third-order valence-electron chi connectivity index (χ3n) is 17.0. The number of hydrogen-bond acceptors (Lipinski definition) is 14. The van der Waals surface area contributed by atoms with Gasteiger partial charge in [0, 0.05) is 108 Å². The molecule has 502 valence electrons. The molecule has 0 radical (unpaired) electrons. The van der Waals surface area contributed by atoms with E-state index < -0.39 is 60.3 Å². The van der Waals surface area contributed by atoms with Gasteiger partial charge >= 0.3 is 48.8 Å². The number of esters is 2. The maximum absolute atomic E-state index is 12.9. The zero-order valence-electron chi connectivity index (χ0n) is 51.9. The average Bonchev–Trinajstić information content (AvgIpc) is 1.81. The number of ether oxygens (including phenoxy) is 4. The van der Waals surface area contributed by atoms with Gasteiger partial charge in [-0.25, -0.2) is 9.59 Å². The molecule has 0 N–H and O–H groups in total. The van der Waals surface area contributed by atoms with Crippen LogP contribution in [0.15, 0.2) is 36.4 Å². The van der Waals surface area contributed by atoms with Crippen molar-refractivity contribution in [2.75, 3.05) is 108 Å². The van der Waals surface area contributed by atoms with E-state index in [1.165, 1.54) is 0 Å². The Hall–Kier alpha value is -5.77. The number of carbonyl (C=O) groups excluding carboxylic acids is 5. The van der Waals surface area contributed by atoms with E-state index in [-0.39, 0.29) is 55.6 Å². The van der Waals surface area contributed by atoms with Gasteiger partial charge in [0.05, 0.1) is 13.1 Å². The van der Waals surface area contributed by atoms with E-state index in [2.05, 4.69) is 52.2 Å². The number of piperazine rings is 2. The van der Waals surface area contributed by atoms with Crippen LogP contribution in [-0.2, 0) is 35.1 Å². The summed E-state index contributed by atoms with van der Waals surface area (Å²) in [6.07, 6.45) is -25.4. The van der Waals surface area contributed by atoms with Gasteiger partial charge in [0.1, 0.15) is 11.2 Å². The van der Waals surface area contributed by atoms with Gasteiger partial charge in [-0.05, 0) is 154 Å². The fourth-order valence-electron chi connectivity index (χ4n) is 12.4. The Labute approximate surface area is 512 Å². The second-order valence-corrected chi connectivity index (χ2v) is 26.1. The summed E-state index contributed by atoms with van der Waals surface area (Å²) in [4.78, 5) is 72.3. The summed E-state index contributed by atoms with van der Waals surface area (Å²) in [5, 5.41) is 0. The van der Waals surface area contributed by atoms with Crippen molar-refractivity contribution in [1.29, 1.82) is 0 Å². The van der Waals surface area contributed by atoms with E-state index in [9.17, 15) is 76.7 Å². The lowest BCUT2D eigenvalue weighted by molar-refractivity contribution is -0.309. The van der Waals surface area contributed by atoms with Crippen LogP contribution in [0.5, 0.6) is 0 Å². The molecule has 0 bridgehead atoms. The van der Waals surface area contributed by atoms with Crippen molar-refractivity contribution in [3.8, 4) is 0 Å².